The van der Waals surface area contributed by atoms with Crippen molar-refractivity contribution >= 4 is 11.6 Å². The minimum atomic E-state index is -4.58. The number of aliphatic hydroxyl groups excluding tert-OH is 1. The summed E-state index contributed by atoms with van der Waals surface area (Å²) in [5.41, 5.74) is 1.71. The SMILES string of the molecule is Cn1cnnc1-c1ccc(C#N)cc1-c1cc(NC2CC(C#N)C2)nc(N2Cc3c(cccc3C(F)(F)F)C2O)c1. The van der Waals surface area contributed by atoms with Crippen LogP contribution in [0, 0.1) is 28.6 Å². The number of rotatable bonds is 5. The van der Waals surface area contributed by atoms with E-state index in [4.69, 9.17) is 0 Å². The van der Waals surface area contributed by atoms with Gasteiger partial charge in [-0.05, 0) is 65.9 Å². The molecule has 1 saturated carbocycles. The van der Waals surface area contributed by atoms with Crippen LogP contribution >= 0.6 is 0 Å². The molecule has 1 aliphatic carbocycles. The molecule has 1 aliphatic heterocycles. The molecule has 206 valence electrons. The second-order valence-corrected chi connectivity index (χ2v) is 10.2. The first-order valence-electron chi connectivity index (χ1n) is 12.9. The zero-order valence-electron chi connectivity index (χ0n) is 21.8. The fourth-order valence-corrected chi connectivity index (χ4v) is 5.44. The highest BCUT2D eigenvalue weighted by Gasteiger charge is 2.40. The van der Waals surface area contributed by atoms with Gasteiger partial charge in [0.15, 0.2) is 12.1 Å². The van der Waals surface area contributed by atoms with E-state index in [1.165, 1.54) is 17.0 Å². The Morgan fingerprint density at radius 2 is 1.88 bits per heavy atom. The van der Waals surface area contributed by atoms with E-state index in [0.717, 1.165) is 6.07 Å². The van der Waals surface area contributed by atoms with Crippen LogP contribution in [0.25, 0.3) is 22.5 Å². The predicted octanol–water partition coefficient (Wildman–Crippen LogP) is 5.16. The molecular formula is C29H23F3N8O. The number of pyridine rings is 1. The second-order valence-electron chi connectivity index (χ2n) is 10.2. The number of benzene rings is 2. The lowest BCUT2D eigenvalue weighted by Crippen LogP contribution is -2.35. The zero-order valence-corrected chi connectivity index (χ0v) is 21.8. The van der Waals surface area contributed by atoms with Crippen molar-refractivity contribution in [2.24, 2.45) is 13.0 Å². The van der Waals surface area contributed by atoms with Crippen molar-refractivity contribution in [3.63, 3.8) is 0 Å². The molecule has 0 amide bonds. The number of anilines is 2. The number of halogens is 3. The average Bonchev–Trinajstić information content (AvgIpc) is 3.52. The molecule has 2 aromatic carbocycles. The number of fused-ring (bicyclic) bond motifs is 1. The molecule has 0 bridgehead atoms. The molecule has 2 aromatic heterocycles. The maximum absolute atomic E-state index is 13.8. The average molecular weight is 557 g/mol. The van der Waals surface area contributed by atoms with Gasteiger partial charge in [0, 0.05) is 30.8 Å². The van der Waals surface area contributed by atoms with E-state index in [0.29, 0.717) is 46.7 Å². The standard InChI is InChI=1S/C29H23F3N8O/c1-39-15-35-38-27(39)20-6-5-16(12-33)9-22(20)18-10-25(36-19-7-17(8-19)13-34)37-26(11-18)40-14-23-21(28(40)41)3-2-4-24(23)29(30,31)32/h2-6,9-11,15,17,19,28,41H,7-8,14H2,1H3,(H,36,37). The molecule has 9 nitrogen and oxygen atoms in total. The number of hydrogen-bond acceptors (Lipinski definition) is 8. The number of nitrogens with zero attached hydrogens (tertiary/aromatic N) is 7. The molecule has 0 saturated heterocycles. The van der Waals surface area contributed by atoms with Gasteiger partial charge in [-0.2, -0.15) is 23.7 Å². The number of nitriles is 2. The maximum Gasteiger partial charge on any atom is 0.416 e. The summed E-state index contributed by atoms with van der Waals surface area (Å²) in [6, 6.07) is 16.8. The lowest BCUT2D eigenvalue weighted by Gasteiger charge is -2.32. The number of nitrogens with one attached hydrogen (secondary N) is 1. The van der Waals surface area contributed by atoms with Crippen molar-refractivity contribution in [1.82, 2.24) is 19.7 Å². The van der Waals surface area contributed by atoms with E-state index in [1.54, 1.807) is 48.3 Å². The minimum Gasteiger partial charge on any atom is -0.369 e. The van der Waals surface area contributed by atoms with Crippen molar-refractivity contribution in [1.29, 1.82) is 10.5 Å². The first-order chi connectivity index (χ1) is 19.7. The number of aromatic nitrogens is 4. The van der Waals surface area contributed by atoms with Crippen LogP contribution in [-0.2, 0) is 19.8 Å². The summed E-state index contributed by atoms with van der Waals surface area (Å²) in [5.74, 6) is 1.19. The van der Waals surface area contributed by atoms with Crippen molar-refractivity contribution in [3.8, 4) is 34.7 Å². The minimum absolute atomic E-state index is 0.00330. The summed E-state index contributed by atoms with van der Waals surface area (Å²) in [4.78, 5) is 6.10. The van der Waals surface area contributed by atoms with Crippen LogP contribution in [-0.4, -0.2) is 30.9 Å². The molecule has 2 N–H and O–H groups in total. The Balaban J connectivity index is 1.48. The summed E-state index contributed by atoms with van der Waals surface area (Å²) < 4.78 is 43.1. The van der Waals surface area contributed by atoms with Gasteiger partial charge in [0.1, 0.15) is 18.0 Å². The van der Waals surface area contributed by atoms with E-state index in [2.05, 4.69) is 32.6 Å². The van der Waals surface area contributed by atoms with Crippen LogP contribution in [0.5, 0.6) is 0 Å². The third-order valence-corrected chi connectivity index (χ3v) is 7.61. The van der Waals surface area contributed by atoms with Crippen LogP contribution in [0.2, 0.25) is 0 Å². The molecule has 4 aromatic rings. The van der Waals surface area contributed by atoms with Crippen LogP contribution in [0.1, 0.15) is 41.3 Å². The highest BCUT2D eigenvalue weighted by molar-refractivity contribution is 5.84. The van der Waals surface area contributed by atoms with Gasteiger partial charge in [0.2, 0.25) is 0 Å². The zero-order chi connectivity index (χ0) is 28.9. The van der Waals surface area contributed by atoms with Crippen LogP contribution in [0.4, 0.5) is 24.8 Å². The fourth-order valence-electron chi connectivity index (χ4n) is 5.44. The monoisotopic (exact) mass is 556 g/mol. The Labute approximate surface area is 233 Å². The molecule has 12 heteroatoms. The highest BCUT2D eigenvalue weighted by Crippen LogP contribution is 2.44. The smallest absolute Gasteiger partial charge is 0.369 e. The van der Waals surface area contributed by atoms with Crippen LogP contribution in [0.15, 0.2) is 54.9 Å². The summed E-state index contributed by atoms with van der Waals surface area (Å²) in [6.07, 6.45) is -3.09. The summed E-state index contributed by atoms with van der Waals surface area (Å²) in [7, 11) is 1.79. The molecule has 0 spiro atoms. The Morgan fingerprint density at radius 3 is 2.56 bits per heavy atom. The summed E-state index contributed by atoms with van der Waals surface area (Å²) >= 11 is 0. The van der Waals surface area contributed by atoms with E-state index in [-0.39, 0.29) is 35.4 Å². The fraction of sp³-hybridized carbons (Fsp3) is 0.276. The third kappa shape index (κ3) is 4.72. The predicted molar refractivity (Wildman–Crippen MR) is 143 cm³/mol. The van der Waals surface area contributed by atoms with Crippen molar-refractivity contribution < 1.29 is 18.3 Å². The van der Waals surface area contributed by atoms with E-state index >= 15 is 0 Å². The Kier molecular flexibility index (Phi) is 6.36. The molecule has 1 atom stereocenters. The van der Waals surface area contributed by atoms with Crippen LogP contribution in [0.3, 0.4) is 0 Å². The van der Waals surface area contributed by atoms with Gasteiger partial charge in [-0.1, -0.05) is 12.1 Å². The molecule has 1 fully saturated rings. The first kappa shape index (κ1) is 26.3. The van der Waals surface area contributed by atoms with E-state index in [1.807, 2.05) is 0 Å². The second kappa shape index (κ2) is 9.91. The lowest BCUT2D eigenvalue weighted by atomic mass is 9.81. The van der Waals surface area contributed by atoms with Gasteiger partial charge in [0.05, 0.1) is 29.2 Å². The molecule has 6 rings (SSSR count). The van der Waals surface area contributed by atoms with Crippen molar-refractivity contribution in [2.45, 2.75) is 37.8 Å². The van der Waals surface area contributed by atoms with Crippen molar-refractivity contribution in [3.05, 3.63) is 77.1 Å². The number of hydrogen-bond donors (Lipinski definition) is 2. The lowest BCUT2D eigenvalue weighted by molar-refractivity contribution is -0.138. The molecule has 3 heterocycles. The summed E-state index contributed by atoms with van der Waals surface area (Å²) in [6.45, 7) is -0.198. The number of alkyl halides is 3. The molecule has 0 radical (unpaired) electrons. The maximum atomic E-state index is 13.8. The van der Waals surface area contributed by atoms with Gasteiger partial charge >= 0.3 is 6.18 Å². The normalized spacial score (nSPS) is 19.7. The Morgan fingerprint density at radius 1 is 1.07 bits per heavy atom. The van der Waals surface area contributed by atoms with E-state index < -0.39 is 18.0 Å². The van der Waals surface area contributed by atoms with Gasteiger partial charge in [-0.25, -0.2) is 4.98 Å². The number of aliphatic hydroxyl groups is 1. The molecule has 2 aliphatic rings. The topological polar surface area (TPSA) is 127 Å². The van der Waals surface area contributed by atoms with Gasteiger partial charge in [-0.3, -0.25) is 0 Å². The molecular weight excluding hydrogens is 533 g/mol. The Hall–Kier alpha value is -4.94. The quantitative estimate of drug-likeness (QED) is 0.345. The van der Waals surface area contributed by atoms with E-state index in [9.17, 15) is 28.8 Å². The summed E-state index contributed by atoms with van der Waals surface area (Å²) in [5, 5.41) is 41.5. The van der Waals surface area contributed by atoms with Gasteiger partial charge in [0.25, 0.3) is 0 Å². The first-order valence-corrected chi connectivity index (χ1v) is 12.9. The largest absolute Gasteiger partial charge is 0.416 e. The van der Waals surface area contributed by atoms with Crippen LogP contribution < -0.4 is 10.2 Å². The Bertz CT molecular complexity index is 1730. The number of aryl methyl sites for hydroxylation is 1. The van der Waals surface area contributed by atoms with Gasteiger partial charge in [-0.15, -0.1) is 10.2 Å². The third-order valence-electron chi connectivity index (χ3n) is 7.61. The highest BCUT2D eigenvalue weighted by atomic mass is 19.4. The van der Waals surface area contributed by atoms with Gasteiger partial charge < -0.3 is 19.9 Å². The molecule has 1 unspecified atom stereocenters. The van der Waals surface area contributed by atoms with Crippen molar-refractivity contribution in [2.75, 3.05) is 10.2 Å². The molecule has 41 heavy (non-hydrogen) atoms.